The predicted molar refractivity (Wildman–Crippen MR) is 63.9 cm³/mol. The fourth-order valence-corrected chi connectivity index (χ4v) is 2.03. The maximum Gasteiger partial charge on any atom is 0.128 e. The standard InChI is InChI=1S/C12H15F2NO.ClH/c13-8-4-5-10(14)9(6-8)11(15)12(16)7-2-1-3-7;/h4-7,11-12,16H,1-3,15H2;1H/t11-,12+;/m1./s1. The Hall–Kier alpha value is -0.710. The molecule has 3 N–H and O–H groups in total. The first-order valence-electron chi connectivity index (χ1n) is 5.48. The predicted octanol–water partition coefficient (Wildman–Crippen LogP) is 2.55. The highest BCUT2D eigenvalue weighted by Gasteiger charge is 2.31. The van der Waals surface area contributed by atoms with Crippen molar-refractivity contribution in [1.29, 1.82) is 0 Å². The Kier molecular flexibility index (Phi) is 4.86. The highest BCUT2D eigenvalue weighted by molar-refractivity contribution is 5.85. The number of halogens is 3. The van der Waals surface area contributed by atoms with Gasteiger partial charge in [0.2, 0.25) is 0 Å². The molecule has 2 rings (SSSR count). The van der Waals surface area contributed by atoms with Gasteiger partial charge in [-0.3, -0.25) is 0 Å². The largest absolute Gasteiger partial charge is 0.391 e. The Balaban J connectivity index is 0.00000144. The van der Waals surface area contributed by atoms with Crippen molar-refractivity contribution in [2.24, 2.45) is 11.7 Å². The first-order valence-corrected chi connectivity index (χ1v) is 5.48. The van der Waals surface area contributed by atoms with Gasteiger partial charge in [0.05, 0.1) is 12.1 Å². The summed E-state index contributed by atoms with van der Waals surface area (Å²) in [5, 5.41) is 9.89. The summed E-state index contributed by atoms with van der Waals surface area (Å²) in [5.74, 6) is -0.974. The third-order valence-corrected chi connectivity index (χ3v) is 3.32. The van der Waals surface area contributed by atoms with Crippen LogP contribution in [0.3, 0.4) is 0 Å². The lowest BCUT2D eigenvalue weighted by atomic mass is 9.77. The SMILES string of the molecule is Cl.N[C@H](c1cc(F)ccc1F)[C@@H](O)C1CCC1. The second-order valence-electron chi connectivity index (χ2n) is 4.37. The van der Waals surface area contributed by atoms with Gasteiger partial charge in [-0.05, 0) is 37.0 Å². The molecule has 2 atom stereocenters. The van der Waals surface area contributed by atoms with E-state index in [1.165, 1.54) is 0 Å². The Morgan fingerprint density at radius 2 is 1.94 bits per heavy atom. The molecule has 1 saturated carbocycles. The van der Waals surface area contributed by atoms with Gasteiger partial charge < -0.3 is 10.8 Å². The number of benzene rings is 1. The molecule has 0 saturated heterocycles. The van der Waals surface area contributed by atoms with Crippen LogP contribution < -0.4 is 5.73 Å². The molecule has 0 aliphatic heterocycles. The van der Waals surface area contributed by atoms with Gasteiger partial charge in [-0.25, -0.2) is 8.78 Å². The van der Waals surface area contributed by atoms with Crippen molar-refractivity contribution in [2.75, 3.05) is 0 Å². The summed E-state index contributed by atoms with van der Waals surface area (Å²) in [5.41, 5.74) is 5.82. The Labute approximate surface area is 105 Å². The summed E-state index contributed by atoms with van der Waals surface area (Å²) < 4.78 is 26.4. The average molecular weight is 264 g/mol. The molecule has 0 bridgehead atoms. The van der Waals surface area contributed by atoms with Crippen LogP contribution in [0.5, 0.6) is 0 Å². The van der Waals surface area contributed by atoms with Crippen LogP contribution in [0.2, 0.25) is 0 Å². The van der Waals surface area contributed by atoms with E-state index < -0.39 is 23.8 Å². The molecule has 0 spiro atoms. The second kappa shape index (κ2) is 5.76. The van der Waals surface area contributed by atoms with Gasteiger partial charge in [0, 0.05) is 5.56 Å². The summed E-state index contributed by atoms with van der Waals surface area (Å²) in [6, 6.07) is 2.29. The molecule has 5 heteroatoms. The van der Waals surface area contributed by atoms with Crippen molar-refractivity contribution in [3.8, 4) is 0 Å². The van der Waals surface area contributed by atoms with Crippen LogP contribution in [0.1, 0.15) is 30.9 Å². The number of hydrogen-bond acceptors (Lipinski definition) is 2. The van der Waals surface area contributed by atoms with Gasteiger partial charge in [0.25, 0.3) is 0 Å². The van der Waals surface area contributed by atoms with E-state index in [1.807, 2.05) is 0 Å². The summed E-state index contributed by atoms with van der Waals surface area (Å²) >= 11 is 0. The molecule has 96 valence electrons. The van der Waals surface area contributed by atoms with E-state index in [4.69, 9.17) is 5.73 Å². The van der Waals surface area contributed by atoms with Gasteiger partial charge in [-0.2, -0.15) is 0 Å². The number of aliphatic hydroxyl groups excluding tert-OH is 1. The van der Waals surface area contributed by atoms with Crippen molar-refractivity contribution >= 4 is 12.4 Å². The normalized spacial score (nSPS) is 19.1. The topological polar surface area (TPSA) is 46.2 Å². The van der Waals surface area contributed by atoms with Crippen LogP contribution >= 0.6 is 12.4 Å². The molecule has 0 unspecified atom stereocenters. The van der Waals surface area contributed by atoms with Crippen LogP contribution in [0.25, 0.3) is 0 Å². The smallest absolute Gasteiger partial charge is 0.128 e. The van der Waals surface area contributed by atoms with E-state index in [0.29, 0.717) is 0 Å². The molecule has 0 aromatic heterocycles. The van der Waals surface area contributed by atoms with E-state index in [9.17, 15) is 13.9 Å². The molecule has 2 nitrogen and oxygen atoms in total. The van der Waals surface area contributed by atoms with Gasteiger partial charge in [0.1, 0.15) is 11.6 Å². The van der Waals surface area contributed by atoms with E-state index in [-0.39, 0.29) is 23.9 Å². The number of hydrogen-bond donors (Lipinski definition) is 2. The van der Waals surface area contributed by atoms with Crippen molar-refractivity contribution in [2.45, 2.75) is 31.4 Å². The third-order valence-electron chi connectivity index (χ3n) is 3.32. The first-order chi connectivity index (χ1) is 7.59. The van der Waals surface area contributed by atoms with Crippen molar-refractivity contribution in [3.63, 3.8) is 0 Å². The molecule has 1 aromatic rings. The number of rotatable bonds is 3. The average Bonchev–Trinajstić information content (AvgIpc) is 2.18. The zero-order valence-electron chi connectivity index (χ0n) is 9.27. The molecule has 0 amide bonds. The molecule has 1 fully saturated rings. The third kappa shape index (κ3) is 2.94. The fraction of sp³-hybridized carbons (Fsp3) is 0.500. The minimum Gasteiger partial charge on any atom is -0.391 e. The Morgan fingerprint density at radius 3 is 2.47 bits per heavy atom. The van der Waals surface area contributed by atoms with Gasteiger partial charge >= 0.3 is 0 Å². The summed E-state index contributed by atoms with van der Waals surface area (Å²) in [6.45, 7) is 0. The van der Waals surface area contributed by atoms with E-state index in [1.54, 1.807) is 0 Å². The van der Waals surface area contributed by atoms with Crippen molar-refractivity contribution in [3.05, 3.63) is 35.4 Å². The van der Waals surface area contributed by atoms with E-state index in [0.717, 1.165) is 37.5 Å². The first kappa shape index (κ1) is 14.4. The highest BCUT2D eigenvalue weighted by atomic mass is 35.5. The molecular formula is C12H16ClF2NO. The lowest BCUT2D eigenvalue weighted by Crippen LogP contribution is -2.36. The van der Waals surface area contributed by atoms with Crippen molar-refractivity contribution < 1.29 is 13.9 Å². The van der Waals surface area contributed by atoms with Crippen molar-refractivity contribution in [1.82, 2.24) is 0 Å². The quantitative estimate of drug-likeness (QED) is 0.880. The van der Waals surface area contributed by atoms with Gasteiger partial charge in [-0.1, -0.05) is 6.42 Å². The van der Waals surface area contributed by atoms with Gasteiger partial charge in [-0.15, -0.1) is 12.4 Å². The van der Waals surface area contributed by atoms with E-state index in [2.05, 4.69) is 0 Å². The molecule has 0 heterocycles. The maximum absolute atomic E-state index is 13.4. The number of aliphatic hydroxyl groups is 1. The molecule has 1 aromatic carbocycles. The second-order valence-corrected chi connectivity index (χ2v) is 4.37. The van der Waals surface area contributed by atoms with Crippen LogP contribution in [0.4, 0.5) is 8.78 Å². The highest BCUT2D eigenvalue weighted by Crippen LogP contribution is 2.34. The zero-order chi connectivity index (χ0) is 11.7. The molecule has 1 aliphatic carbocycles. The van der Waals surface area contributed by atoms with E-state index >= 15 is 0 Å². The summed E-state index contributed by atoms with van der Waals surface area (Å²) in [4.78, 5) is 0. The van der Waals surface area contributed by atoms with Crippen LogP contribution in [-0.4, -0.2) is 11.2 Å². The minimum atomic E-state index is -0.846. The van der Waals surface area contributed by atoms with Crippen LogP contribution in [0, 0.1) is 17.6 Å². The Bertz CT molecular complexity index is 385. The lowest BCUT2D eigenvalue weighted by molar-refractivity contribution is 0.0404. The van der Waals surface area contributed by atoms with Gasteiger partial charge in [0.15, 0.2) is 0 Å². The monoisotopic (exact) mass is 263 g/mol. The lowest BCUT2D eigenvalue weighted by Gasteiger charge is -2.33. The maximum atomic E-state index is 13.4. The fourth-order valence-electron chi connectivity index (χ4n) is 2.03. The zero-order valence-corrected chi connectivity index (χ0v) is 10.1. The van der Waals surface area contributed by atoms with Crippen LogP contribution in [0.15, 0.2) is 18.2 Å². The minimum absolute atomic E-state index is 0. The molecule has 1 aliphatic rings. The van der Waals surface area contributed by atoms with Crippen LogP contribution in [-0.2, 0) is 0 Å². The number of nitrogens with two attached hydrogens (primary N) is 1. The molecular weight excluding hydrogens is 248 g/mol. The Morgan fingerprint density at radius 1 is 1.29 bits per heavy atom. The summed E-state index contributed by atoms with van der Waals surface area (Å²) in [7, 11) is 0. The molecule has 0 radical (unpaired) electrons. The molecule has 17 heavy (non-hydrogen) atoms. The summed E-state index contributed by atoms with van der Waals surface area (Å²) in [6.07, 6.45) is 2.10.